The molecular weight excluding hydrogens is 156 g/mol. The van der Waals surface area contributed by atoms with Crippen molar-refractivity contribution in [1.29, 1.82) is 0 Å². The van der Waals surface area contributed by atoms with E-state index in [4.69, 9.17) is 4.74 Å². The van der Waals surface area contributed by atoms with Gasteiger partial charge in [-0.1, -0.05) is 13.8 Å². The molecule has 0 heterocycles. The van der Waals surface area contributed by atoms with E-state index in [2.05, 4.69) is 0 Å². The Morgan fingerprint density at radius 2 is 2.25 bits per heavy atom. The molecule has 1 saturated carbocycles. The zero-order valence-electron chi connectivity index (χ0n) is 7.83. The Kier molecular flexibility index (Phi) is 2.42. The largest absolute Gasteiger partial charge is 0.464 e. The quantitative estimate of drug-likeness (QED) is 0.631. The van der Waals surface area contributed by atoms with Crippen molar-refractivity contribution in [2.75, 3.05) is 6.61 Å². The smallest absolute Gasteiger partial charge is 0.338 e. The monoisotopic (exact) mass is 172 g/mol. The van der Waals surface area contributed by atoms with Crippen LogP contribution in [0.5, 0.6) is 0 Å². The van der Waals surface area contributed by atoms with Crippen molar-refractivity contribution in [3.63, 3.8) is 0 Å². The molecule has 0 aromatic carbocycles. The first-order chi connectivity index (χ1) is 5.52. The molecule has 70 valence electrons. The minimum Gasteiger partial charge on any atom is -0.464 e. The van der Waals surface area contributed by atoms with E-state index < -0.39 is 11.6 Å². The van der Waals surface area contributed by atoms with E-state index in [1.807, 2.05) is 13.8 Å². The summed E-state index contributed by atoms with van der Waals surface area (Å²) in [6.07, 6.45) is 0.535. The lowest BCUT2D eigenvalue weighted by Gasteiger charge is -2.46. The summed E-state index contributed by atoms with van der Waals surface area (Å²) in [4.78, 5) is 11.2. The summed E-state index contributed by atoms with van der Waals surface area (Å²) in [5.41, 5.74) is -1.20. The number of aliphatic hydroxyl groups is 1. The van der Waals surface area contributed by atoms with Crippen LogP contribution in [0.25, 0.3) is 0 Å². The normalized spacial score (nSPS) is 40.3. The van der Waals surface area contributed by atoms with Gasteiger partial charge in [0, 0.05) is 0 Å². The summed E-state index contributed by atoms with van der Waals surface area (Å²) in [5, 5.41) is 9.77. The van der Waals surface area contributed by atoms with E-state index in [9.17, 15) is 9.90 Å². The molecular formula is C9H16O3. The van der Waals surface area contributed by atoms with E-state index in [1.165, 1.54) is 0 Å². The molecule has 3 nitrogen and oxygen atoms in total. The van der Waals surface area contributed by atoms with Crippen LogP contribution in [0.3, 0.4) is 0 Å². The van der Waals surface area contributed by atoms with E-state index >= 15 is 0 Å². The zero-order valence-corrected chi connectivity index (χ0v) is 7.83. The summed E-state index contributed by atoms with van der Waals surface area (Å²) < 4.78 is 4.78. The third kappa shape index (κ3) is 1.22. The summed E-state index contributed by atoms with van der Waals surface area (Å²) >= 11 is 0. The van der Waals surface area contributed by atoms with Gasteiger partial charge in [0.1, 0.15) is 0 Å². The molecule has 0 bridgehead atoms. The Bertz CT molecular complexity index is 190. The first-order valence-corrected chi connectivity index (χ1v) is 4.42. The SMILES string of the molecule is CCOC(=O)C1(O)CC(C)C1C. The average molecular weight is 172 g/mol. The van der Waals surface area contributed by atoms with Crippen LogP contribution in [0.2, 0.25) is 0 Å². The van der Waals surface area contributed by atoms with Gasteiger partial charge in [-0.05, 0) is 25.2 Å². The second kappa shape index (κ2) is 3.05. The highest BCUT2D eigenvalue weighted by Gasteiger charge is 2.54. The van der Waals surface area contributed by atoms with Crippen molar-refractivity contribution in [1.82, 2.24) is 0 Å². The first kappa shape index (κ1) is 9.52. The second-order valence-electron chi connectivity index (χ2n) is 3.61. The first-order valence-electron chi connectivity index (χ1n) is 4.42. The number of rotatable bonds is 2. The molecule has 0 spiro atoms. The van der Waals surface area contributed by atoms with Gasteiger partial charge in [0.15, 0.2) is 5.60 Å². The number of hydrogen-bond acceptors (Lipinski definition) is 3. The fourth-order valence-electron chi connectivity index (χ4n) is 1.69. The van der Waals surface area contributed by atoms with Crippen molar-refractivity contribution in [3.05, 3.63) is 0 Å². The maximum atomic E-state index is 11.2. The van der Waals surface area contributed by atoms with Gasteiger partial charge in [-0.2, -0.15) is 0 Å². The predicted octanol–water partition coefficient (Wildman–Crippen LogP) is 0.956. The molecule has 3 heteroatoms. The molecule has 0 saturated heterocycles. The fourth-order valence-corrected chi connectivity index (χ4v) is 1.69. The van der Waals surface area contributed by atoms with E-state index in [0.29, 0.717) is 18.9 Å². The van der Waals surface area contributed by atoms with E-state index in [-0.39, 0.29) is 5.92 Å². The number of carbonyl (C=O) groups excluding carboxylic acids is 1. The fraction of sp³-hybridized carbons (Fsp3) is 0.889. The molecule has 1 aliphatic carbocycles. The number of hydrogen-bond donors (Lipinski definition) is 1. The molecule has 1 fully saturated rings. The van der Waals surface area contributed by atoms with Gasteiger partial charge in [-0.3, -0.25) is 0 Å². The highest BCUT2D eigenvalue weighted by Crippen LogP contribution is 2.44. The van der Waals surface area contributed by atoms with Gasteiger partial charge in [-0.25, -0.2) is 4.79 Å². The summed E-state index contributed by atoms with van der Waals surface area (Å²) in [7, 11) is 0. The Hall–Kier alpha value is -0.570. The molecule has 1 aliphatic rings. The highest BCUT2D eigenvalue weighted by atomic mass is 16.5. The molecule has 1 rings (SSSR count). The number of carbonyl (C=O) groups is 1. The Labute approximate surface area is 72.7 Å². The lowest BCUT2D eigenvalue weighted by atomic mass is 9.63. The minimum atomic E-state index is -1.20. The molecule has 1 N–H and O–H groups in total. The van der Waals surface area contributed by atoms with Crippen molar-refractivity contribution in [3.8, 4) is 0 Å². The van der Waals surface area contributed by atoms with Gasteiger partial charge >= 0.3 is 5.97 Å². The van der Waals surface area contributed by atoms with Crippen molar-refractivity contribution in [2.24, 2.45) is 11.8 Å². The van der Waals surface area contributed by atoms with Crippen LogP contribution in [0.15, 0.2) is 0 Å². The predicted molar refractivity (Wildman–Crippen MR) is 44.5 cm³/mol. The summed E-state index contributed by atoms with van der Waals surface area (Å²) in [6.45, 7) is 5.99. The topological polar surface area (TPSA) is 46.5 Å². The number of esters is 1. The highest BCUT2D eigenvalue weighted by molar-refractivity contribution is 5.81. The molecule has 0 aromatic rings. The van der Waals surface area contributed by atoms with Gasteiger partial charge in [-0.15, -0.1) is 0 Å². The lowest BCUT2D eigenvalue weighted by Crippen LogP contribution is -2.57. The number of ether oxygens (including phenoxy) is 1. The van der Waals surface area contributed by atoms with Gasteiger partial charge in [0.25, 0.3) is 0 Å². The van der Waals surface area contributed by atoms with E-state index in [1.54, 1.807) is 6.92 Å². The molecule has 0 aromatic heterocycles. The standard InChI is InChI=1S/C9H16O3/c1-4-12-8(10)9(11)5-6(2)7(9)3/h6-7,11H,4-5H2,1-3H3. The summed E-state index contributed by atoms with van der Waals surface area (Å²) in [6, 6.07) is 0. The Morgan fingerprint density at radius 1 is 1.67 bits per heavy atom. The van der Waals surface area contributed by atoms with Crippen LogP contribution >= 0.6 is 0 Å². The maximum absolute atomic E-state index is 11.2. The summed E-state index contributed by atoms with van der Waals surface area (Å²) in [5.74, 6) is -0.0217. The van der Waals surface area contributed by atoms with Crippen molar-refractivity contribution >= 4 is 5.97 Å². The third-order valence-electron chi connectivity index (χ3n) is 2.87. The van der Waals surface area contributed by atoms with Crippen LogP contribution in [0.1, 0.15) is 27.2 Å². The van der Waals surface area contributed by atoms with Crippen LogP contribution in [-0.4, -0.2) is 23.3 Å². The van der Waals surface area contributed by atoms with Crippen molar-refractivity contribution < 1.29 is 14.6 Å². The maximum Gasteiger partial charge on any atom is 0.338 e. The van der Waals surface area contributed by atoms with Crippen LogP contribution in [-0.2, 0) is 9.53 Å². The molecule has 12 heavy (non-hydrogen) atoms. The Morgan fingerprint density at radius 3 is 2.58 bits per heavy atom. The van der Waals surface area contributed by atoms with Gasteiger partial charge in [0.05, 0.1) is 6.61 Å². The molecule has 0 aliphatic heterocycles. The second-order valence-corrected chi connectivity index (χ2v) is 3.61. The van der Waals surface area contributed by atoms with Gasteiger partial charge < -0.3 is 9.84 Å². The molecule has 3 atom stereocenters. The lowest BCUT2D eigenvalue weighted by molar-refractivity contribution is -0.193. The van der Waals surface area contributed by atoms with E-state index in [0.717, 1.165) is 0 Å². The minimum absolute atomic E-state index is 0.0246. The molecule has 0 radical (unpaired) electrons. The van der Waals surface area contributed by atoms with Crippen molar-refractivity contribution in [2.45, 2.75) is 32.8 Å². The van der Waals surface area contributed by atoms with Crippen LogP contribution < -0.4 is 0 Å². The van der Waals surface area contributed by atoms with Crippen LogP contribution in [0.4, 0.5) is 0 Å². The molecule has 3 unspecified atom stereocenters. The third-order valence-corrected chi connectivity index (χ3v) is 2.87. The zero-order chi connectivity index (χ0) is 9.35. The Balaban J connectivity index is 2.56. The van der Waals surface area contributed by atoms with Crippen LogP contribution in [0, 0.1) is 11.8 Å². The molecule has 0 amide bonds. The van der Waals surface area contributed by atoms with Gasteiger partial charge in [0.2, 0.25) is 0 Å². The average Bonchev–Trinajstić information content (AvgIpc) is 2.04.